The lowest BCUT2D eigenvalue weighted by Crippen LogP contribution is -2.65. The maximum Gasteiger partial charge on any atom is 0.482 e. The average Bonchev–Trinajstić information content (AvgIpc) is 3.77. The number of amides is 5. The number of methoxy groups -OCH3 is 3. The minimum Gasteiger partial charge on any atom is -0.495 e. The zero-order valence-corrected chi connectivity index (χ0v) is 34.0. The molecule has 19 heteroatoms. The summed E-state index contributed by atoms with van der Waals surface area (Å²) < 4.78 is 59.8. The van der Waals surface area contributed by atoms with Gasteiger partial charge < -0.3 is 49.5 Å². The minimum absolute atomic E-state index is 0.0289. The molecule has 3 saturated carbocycles. The molecule has 3 aliphatic heterocycles. The number of imide groups is 1. The molecule has 5 amide bonds. The number of hydrogen-bond acceptors (Lipinski definition) is 10. The quantitative estimate of drug-likeness (QED) is 0.220. The summed E-state index contributed by atoms with van der Waals surface area (Å²) in [7, 11) is 2.53. The Balaban J connectivity index is 1.25. The van der Waals surface area contributed by atoms with E-state index >= 15 is 4.39 Å². The molecule has 0 spiro atoms. The first-order valence-electron chi connectivity index (χ1n) is 19.5. The highest BCUT2D eigenvalue weighted by Gasteiger charge is 2.68. The van der Waals surface area contributed by atoms with Gasteiger partial charge in [-0.2, -0.15) is 0 Å². The highest BCUT2D eigenvalue weighted by atomic mass is 35.5. The number of carboxylic acids is 1. The van der Waals surface area contributed by atoms with Crippen molar-refractivity contribution in [2.45, 2.75) is 82.6 Å². The van der Waals surface area contributed by atoms with E-state index in [4.69, 9.17) is 35.1 Å². The predicted molar refractivity (Wildman–Crippen MR) is 206 cm³/mol. The second-order valence-corrected chi connectivity index (χ2v) is 16.8. The fraction of sp³-hybridized carbons (Fsp3) is 0.590. The van der Waals surface area contributed by atoms with E-state index in [0.29, 0.717) is 25.2 Å². The number of rotatable bonds is 12. The third kappa shape index (κ3) is 7.08. The van der Waals surface area contributed by atoms with Crippen molar-refractivity contribution in [2.75, 3.05) is 47.5 Å². The van der Waals surface area contributed by atoms with E-state index in [2.05, 4.69) is 29.8 Å². The van der Waals surface area contributed by atoms with Crippen molar-refractivity contribution in [3.05, 3.63) is 51.5 Å². The van der Waals surface area contributed by atoms with Gasteiger partial charge in [0.15, 0.2) is 17.3 Å². The number of nitrogens with one attached hydrogen (secondary N) is 3. The van der Waals surface area contributed by atoms with Crippen LogP contribution in [0.3, 0.4) is 0 Å². The molecule has 58 heavy (non-hydrogen) atoms. The Bertz CT molecular complexity index is 1990. The van der Waals surface area contributed by atoms with Crippen LogP contribution in [0.1, 0.15) is 74.0 Å². The van der Waals surface area contributed by atoms with Crippen molar-refractivity contribution in [2.24, 2.45) is 17.3 Å². The van der Waals surface area contributed by atoms with Crippen LogP contribution in [0.5, 0.6) is 17.2 Å². The van der Waals surface area contributed by atoms with E-state index in [1.165, 1.54) is 27.4 Å². The van der Waals surface area contributed by atoms with Crippen LogP contribution in [-0.4, -0.2) is 117 Å². The van der Waals surface area contributed by atoms with Gasteiger partial charge in [-0.25, -0.2) is 28.1 Å². The molecule has 3 saturated heterocycles. The molecule has 6 atom stereocenters. The van der Waals surface area contributed by atoms with Gasteiger partial charge in [0.2, 0.25) is 5.91 Å². The Morgan fingerprint density at radius 3 is 2.34 bits per heavy atom. The first-order chi connectivity index (χ1) is 27.5. The molecule has 4 N–H and O–H groups in total. The smallest absolute Gasteiger partial charge is 0.482 e. The van der Waals surface area contributed by atoms with Crippen molar-refractivity contribution < 1.29 is 56.6 Å². The molecule has 314 valence electrons. The standard InChI is InChI=1S/C39H49BClF2N5O10/c1-38(2)20-16-25(38)39(3)26(17-20)57-40(58-39)27(15-19-7-8-23(42)28(35(50)51)31(19)54-4)45-34(49)30(22-18-24(43)32(55-5)33(56-6)29(22)41)46-36(52)48-14-13-47(37(48)53)21-9-11-44-12-10-21/h7-8,18,20-21,25-27,30,44H,9-17H2,1-6H3,(H,45,49)(H,46,52)(H,50,51)/t20-,25-,26+,27?,30?,39-/m0/s1. The van der Waals surface area contributed by atoms with Gasteiger partial charge >= 0.3 is 25.1 Å². The van der Waals surface area contributed by atoms with Crippen molar-refractivity contribution >= 4 is 42.7 Å². The molecule has 3 aliphatic carbocycles. The van der Waals surface area contributed by atoms with Gasteiger partial charge in [0.05, 0.1) is 44.0 Å². The second kappa shape index (κ2) is 16.0. The van der Waals surface area contributed by atoms with Crippen LogP contribution in [0.4, 0.5) is 18.4 Å². The summed E-state index contributed by atoms with van der Waals surface area (Å²) in [6.07, 6.45) is 2.54. The lowest BCUT2D eigenvalue weighted by molar-refractivity contribution is -0.199. The summed E-state index contributed by atoms with van der Waals surface area (Å²) >= 11 is 6.79. The molecular weight excluding hydrogens is 783 g/mol. The maximum atomic E-state index is 15.7. The minimum atomic E-state index is -1.74. The number of ether oxygens (including phenoxy) is 3. The third-order valence-corrected chi connectivity index (χ3v) is 13.5. The summed E-state index contributed by atoms with van der Waals surface area (Å²) in [5, 5.41) is 18.4. The maximum absolute atomic E-state index is 15.7. The molecule has 2 unspecified atom stereocenters. The fourth-order valence-electron chi connectivity index (χ4n) is 9.86. The van der Waals surface area contributed by atoms with Crippen LogP contribution in [0.25, 0.3) is 0 Å². The van der Waals surface area contributed by atoms with E-state index in [9.17, 15) is 28.7 Å². The van der Waals surface area contributed by atoms with Crippen LogP contribution in [0.15, 0.2) is 18.2 Å². The lowest BCUT2D eigenvalue weighted by Gasteiger charge is -2.64. The summed E-state index contributed by atoms with van der Waals surface area (Å²) in [5.74, 6) is -5.89. The molecule has 2 aromatic rings. The average molecular weight is 832 g/mol. The number of hydrogen-bond donors (Lipinski definition) is 4. The van der Waals surface area contributed by atoms with E-state index in [1.54, 1.807) is 4.90 Å². The van der Waals surface area contributed by atoms with Gasteiger partial charge in [0.25, 0.3) is 0 Å². The largest absolute Gasteiger partial charge is 0.495 e. The highest BCUT2D eigenvalue weighted by molar-refractivity contribution is 6.48. The number of aromatic carboxylic acids is 1. The second-order valence-electron chi connectivity index (χ2n) is 16.4. The molecule has 6 aliphatic rings. The van der Waals surface area contributed by atoms with Gasteiger partial charge in [-0.1, -0.05) is 31.5 Å². The van der Waals surface area contributed by atoms with Gasteiger partial charge in [0, 0.05) is 24.7 Å². The Morgan fingerprint density at radius 2 is 1.71 bits per heavy atom. The van der Waals surface area contributed by atoms with Crippen molar-refractivity contribution in [3.8, 4) is 17.2 Å². The third-order valence-electron chi connectivity index (χ3n) is 13.1. The first kappa shape index (κ1) is 41.8. The summed E-state index contributed by atoms with van der Waals surface area (Å²) in [6, 6.07) is -0.00182. The molecular formula is C39H49BClF2N5O10. The normalized spacial score (nSPS) is 26.1. The number of piperidine rings is 1. The fourth-order valence-corrected chi connectivity index (χ4v) is 10.2. The van der Waals surface area contributed by atoms with Crippen LogP contribution in [0, 0.1) is 28.9 Å². The summed E-state index contributed by atoms with van der Waals surface area (Å²) in [6.45, 7) is 8.14. The van der Waals surface area contributed by atoms with E-state index in [0.717, 1.165) is 36.5 Å². The SMILES string of the molecule is COc1c(F)cc(C(NC(=O)N2CCN(C3CCNCC3)C2=O)C(=O)NC(Cc2ccc(F)c(C(=O)O)c2OC)B2O[C@@H]3C[C@@H]4C[C@@H](C4(C)C)[C@]3(C)O2)c(Cl)c1OC. The van der Waals surface area contributed by atoms with Crippen LogP contribution < -0.4 is 30.2 Å². The zero-order chi connectivity index (χ0) is 41.8. The molecule has 15 nitrogen and oxygen atoms in total. The van der Waals surface area contributed by atoms with Crippen molar-refractivity contribution in [1.82, 2.24) is 25.8 Å². The van der Waals surface area contributed by atoms with E-state index in [-0.39, 0.29) is 76.4 Å². The predicted octanol–water partition coefficient (Wildman–Crippen LogP) is 4.58. The van der Waals surface area contributed by atoms with Crippen LogP contribution in [0.2, 0.25) is 5.02 Å². The summed E-state index contributed by atoms with van der Waals surface area (Å²) in [4.78, 5) is 57.3. The van der Waals surface area contributed by atoms with Crippen molar-refractivity contribution in [3.63, 3.8) is 0 Å². The van der Waals surface area contributed by atoms with Gasteiger partial charge in [-0.15, -0.1) is 0 Å². The van der Waals surface area contributed by atoms with Gasteiger partial charge in [0.1, 0.15) is 23.2 Å². The lowest BCUT2D eigenvalue weighted by atomic mass is 9.43. The highest BCUT2D eigenvalue weighted by Crippen LogP contribution is 2.65. The molecule has 3 heterocycles. The van der Waals surface area contributed by atoms with Crippen LogP contribution >= 0.6 is 11.6 Å². The molecule has 0 aromatic heterocycles. The number of nitrogens with zero attached hydrogens (tertiary/aromatic N) is 2. The number of carbonyl (C=O) groups excluding carboxylic acids is 3. The van der Waals surface area contributed by atoms with E-state index in [1.807, 2.05) is 6.92 Å². The Kier molecular flexibility index (Phi) is 11.5. The number of halogens is 3. The monoisotopic (exact) mass is 831 g/mol. The van der Waals surface area contributed by atoms with Gasteiger partial charge in [-0.3, -0.25) is 4.79 Å². The Morgan fingerprint density at radius 1 is 1.02 bits per heavy atom. The van der Waals surface area contributed by atoms with Crippen molar-refractivity contribution in [1.29, 1.82) is 0 Å². The molecule has 8 rings (SSSR count). The van der Waals surface area contributed by atoms with Crippen LogP contribution in [-0.2, 0) is 20.5 Å². The van der Waals surface area contributed by atoms with E-state index < -0.39 is 65.8 Å². The van der Waals surface area contributed by atoms with Gasteiger partial charge in [-0.05, 0) is 87.1 Å². The first-order valence-corrected chi connectivity index (χ1v) is 19.8. The Labute approximate surface area is 340 Å². The molecule has 2 bridgehead atoms. The number of urea groups is 2. The molecule has 6 fully saturated rings. The Hall–Kier alpha value is -4.39. The molecule has 2 aromatic carbocycles. The zero-order valence-electron chi connectivity index (χ0n) is 33.3. The number of benzene rings is 2. The number of carbonyl (C=O) groups is 4. The topological polar surface area (TPSA) is 177 Å². The summed E-state index contributed by atoms with van der Waals surface area (Å²) in [5.41, 5.74) is -1.48. The molecule has 0 radical (unpaired) electrons. The number of carboxylic acid groups (broad SMARTS) is 1.